The first kappa shape index (κ1) is 9.55. The number of aromatic nitrogens is 2. The lowest BCUT2D eigenvalue weighted by Gasteiger charge is -2.13. The van der Waals surface area contributed by atoms with Crippen molar-refractivity contribution < 1.29 is 0 Å². The van der Waals surface area contributed by atoms with Gasteiger partial charge in [-0.15, -0.1) is 0 Å². The van der Waals surface area contributed by atoms with E-state index in [1.807, 2.05) is 12.4 Å². The summed E-state index contributed by atoms with van der Waals surface area (Å²) in [7, 11) is 0. The third-order valence-electron chi connectivity index (χ3n) is 2.55. The molecular formula is C10H16N4. The van der Waals surface area contributed by atoms with E-state index in [0.29, 0.717) is 6.54 Å². The molecule has 4 heteroatoms. The van der Waals surface area contributed by atoms with E-state index in [0.717, 1.165) is 12.4 Å². The minimum atomic E-state index is 0.421. The average Bonchev–Trinajstić information content (AvgIpc) is 2.72. The maximum atomic E-state index is 5.43. The van der Waals surface area contributed by atoms with Gasteiger partial charge < -0.3 is 5.73 Å². The van der Waals surface area contributed by atoms with E-state index < -0.39 is 0 Å². The minimum absolute atomic E-state index is 0.421. The zero-order chi connectivity index (χ0) is 9.80. The van der Waals surface area contributed by atoms with E-state index in [9.17, 15) is 0 Å². The van der Waals surface area contributed by atoms with Crippen molar-refractivity contribution in [3.63, 3.8) is 0 Å². The molecule has 2 heterocycles. The second-order valence-electron chi connectivity index (χ2n) is 3.69. The van der Waals surface area contributed by atoms with Crippen LogP contribution in [0.2, 0.25) is 0 Å². The fourth-order valence-electron chi connectivity index (χ4n) is 1.77. The number of hydrogen-bond donors (Lipinski definition) is 1. The summed E-state index contributed by atoms with van der Waals surface area (Å²) in [5.41, 5.74) is 6.61. The van der Waals surface area contributed by atoms with Crippen LogP contribution in [-0.4, -0.2) is 28.0 Å². The molecule has 0 atom stereocenters. The van der Waals surface area contributed by atoms with Gasteiger partial charge in [0.2, 0.25) is 0 Å². The molecule has 0 aliphatic carbocycles. The Labute approximate surface area is 84.2 Å². The van der Waals surface area contributed by atoms with Gasteiger partial charge in [0, 0.05) is 24.5 Å². The van der Waals surface area contributed by atoms with Crippen LogP contribution in [0.4, 0.5) is 0 Å². The largest absolute Gasteiger partial charge is 0.324 e. The maximum absolute atomic E-state index is 5.43. The summed E-state index contributed by atoms with van der Waals surface area (Å²) in [6.07, 6.45) is 6.41. The van der Waals surface area contributed by atoms with Gasteiger partial charge in [0.1, 0.15) is 5.82 Å². The second-order valence-corrected chi connectivity index (χ2v) is 3.69. The normalized spacial score (nSPS) is 17.5. The molecular weight excluding hydrogens is 176 g/mol. The van der Waals surface area contributed by atoms with Gasteiger partial charge in [0.05, 0.1) is 6.54 Å². The van der Waals surface area contributed by atoms with Crippen LogP contribution in [0.5, 0.6) is 0 Å². The molecule has 4 nitrogen and oxygen atoms in total. The standard InChI is InChI=1S/C10H16N4/c11-5-10-12-6-9(7-13-10)8-14-3-1-2-4-14/h6-7H,1-5,8,11H2. The summed E-state index contributed by atoms with van der Waals surface area (Å²) in [4.78, 5) is 10.8. The van der Waals surface area contributed by atoms with Crippen molar-refractivity contribution in [3.8, 4) is 0 Å². The van der Waals surface area contributed by atoms with Gasteiger partial charge in [-0.3, -0.25) is 4.90 Å². The molecule has 1 aliphatic rings. The van der Waals surface area contributed by atoms with Crippen molar-refractivity contribution in [1.29, 1.82) is 0 Å². The van der Waals surface area contributed by atoms with Crippen LogP contribution in [0, 0.1) is 0 Å². The first-order chi connectivity index (χ1) is 6.88. The molecule has 1 fully saturated rings. The number of nitrogens with zero attached hydrogens (tertiary/aromatic N) is 3. The Morgan fingerprint density at radius 3 is 2.43 bits per heavy atom. The van der Waals surface area contributed by atoms with Crippen molar-refractivity contribution in [2.24, 2.45) is 5.73 Å². The molecule has 1 aromatic heterocycles. The summed E-state index contributed by atoms with van der Waals surface area (Å²) in [5, 5.41) is 0. The SMILES string of the molecule is NCc1ncc(CN2CCCC2)cn1. The van der Waals surface area contributed by atoms with E-state index in [-0.39, 0.29) is 0 Å². The molecule has 1 aromatic rings. The van der Waals surface area contributed by atoms with Gasteiger partial charge in [0.25, 0.3) is 0 Å². The van der Waals surface area contributed by atoms with Gasteiger partial charge in [-0.1, -0.05) is 0 Å². The molecule has 0 amide bonds. The molecule has 1 saturated heterocycles. The van der Waals surface area contributed by atoms with Gasteiger partial charge in [-0.2, -0.15) is 0 Å². The lowest BCUT2D eigenvalue weighted by molar-refractivity contribution is 0.330. The Morgan fingerprint density at radius 2 is 1.86 bits per heavy atom. The number of likely N-dealkylation sites (tertiary alicyclic amines) is 1. The smallest absolute Gasteiger partial charge is 0.141 e. The van der Waals surface area contributed by atoms with Crippen molar-refractivity contribution in [2.75, 3.05) is 13.1 Å². The highest BCUT2D eigenvalue weighted by Crippen LogP contribution is 2.11. The molecule has 0 spiro atoms. The number of hydrogen-bond acceptors (Lipinski definition) is 4. The molecule has 2 N–H and O–H groups in total. The molecule has 14 heavy (non-hydrogen) atoms. The molecule has 0 bridgehead atoms. The first-order valence-corrected chi connectivity index (χ1v) is 5.11. The topological polar surface area (TPSA) is 55.0 Å². The first-order valence-electron chi connectivity index (χ1n) is 5.11. The van der Waals surface area contributed by atoms with Gasteiger partial charge in [-0.25, -0.2) is 9.97 Å². The van der Waals surface area contributed by atoms with Gasteiger partial charge in [0.15, 0.2) is 0 Å². The highest BCUT2D eigenvalue weighted by molar-refractivity contribution is 5.05. The quantitative estimate of drug-likeness (QED) is 0.759. The summed E-state index contributed by atoms with van der Waals surface area (Å²) in [6.45, 7) is 3.81. The van der Waals surface area contributed by atoms with Crippen LogP contribution >= 0.6 is 0 Å². The highest BCUT2D eigenvalue weighted by Gasteiger charge is 2.11. The number of rotatable bonds is 3. The summed E-state index contributed by atoms with van der Waals surface area (Å²) < 4.78 is 0. The van der Waals surface area contributed by atoms with Crippen molar-refractivity contribution >= 4 is 0 Å². The third kappa shape index (κ3) is 2.27. The third-order valence-corrected chi connectivity index (χ3v) is 2.55. The van der Waals surface area contributed by atoms with Crippen LogP contribution in [0.15, 0.2) is 12.4 Å². The monoisotopic (exact) mass is 192 g/mol. The molecule has 2 rings (SSSR count). The molecule has 76 valence electrons. The molecule has 1 aliphatic heterocycles. The maximum Gasteiger partial charge on any atom is 0.141 e. The zero-order valence-corrected chi connectivity index (χ0v) is 8.32. The molecule has 0 saturated carbocycles. The lowest BCUT2D eigenvalue weighted by Crippen LogP contribution is -2.18. The van der Waals surface area contributed by atoms with Gasteiger partial charge in [-0.05, 0) is 25.9 Å². The molecule has 0 aromatic carbocycles. The predicted octanol–water partition coefficient (Wildman–Crippen LogP) is 0.531. The van der Waals surface area contributed by atoms with E-state index in [2.05, 4.69) is 14.9 Å². The van der Waals surface area contributed by atoms with E-state index >= 15 is 0 Å². The summed E-state index contributed by atoms with van der Waals surface area (Å²) in [5.74, 6) is 0.718. The van der Waals surface area contributed by atoms with Crippen molar-refractivity contribution in [3.05, 3.63) is 23.8 Å². The van der Waals surface area contributed by atoms with E-state index in [1.165, 1.54) is 31.5 Å². The second kappa shape index (κ2) is 4.48. The van der Waals surface area contributed by atoms with Crippen LogP contribution in [0.25, 0.3) is 0 Å². The van der Waals surface area contributed by atoms with Crippen LogP contribution in [0.1, 0.15) is 24.2 Å². The summed E-state index contributed by atoms with van der Waals surface area (Å²) in [6, 6.07) is 0. The van der Waals surface area contributed by atoms with Gasteiger partial charge >= 0.3 is 0 Å². The Kier molecular flexibility index (Phi) is 3.06. The van der Waals surface area contributed by atoms with Crippen LogP contribution in [0.3, 0.4) is 0 Å². The van der Waals surface area contributed by atoms with Crippen LogP contribution < -0.4 is 5.73 Å². The molecule has 0 radical (unpaired) electrons. The van der Waals surface area contributed by atoms with Crippen molar-refractivity contribution in [2.45, 2.75) is 25.9 Å². The minimum Gasteiger partial charge on any atom is -0.324 e. The average molecular weight is 192 g/mol. The van der Waals surface area contributed by atoms with E-state index in [1.54, 1.807) is 0 Å². The number of nitrogens with two attached hydrogens (primary N) is 1. The molecule has 0 unspecified atom stereocenters. The fourth-order valence-corrected chi connectivity index (χ4v) is 1.77. The lowest BCUT2D eigenvalue weighted by atomic mass is 10.3. The van der Waals surface area contributed by atoms with Crippen molar-refractivity contribution in [1.82, 2.24) is 14.9 Å². The predicted molar refractivity (Wildman–Crippen MR) is 54.4 cm³/mol. The zero-order valence-electron chi connectivity index (χ0n) is 8.32. The highest BCUT2D eigenvalue weighted by atomic mass is 15.1. The fraction of sp³-hybridized carbons (Fsp3) is 0.600. The Bertz CT molecular complexity index is 277. The van der Waals surface area contributed by atoms with Crippen LogP contribution in [-0.2, 0) is 13.1 Å². The van der Waals surface area contributed by atoms with E-state index in [4.69, 9.17) is 5.73 Å². The Hall–Kier alpha value is -1.00. The Balaban J connectivity index is 1.95. The summed E-state index contributed by atoms with van der Waals surface area (Å²) >= 11 is 0. The Morgan fingerprint density at radius 1 is 1.21 bits per heavy atom.